The van der Waals surface area contributed by atoms with Crippen molar-refractivity contribution in [3.05, 3.63) is 16.7 Å². The van der Waals surface area contributed by atoms with Crippen LogP contribution in [0.15, 0.2) is 11.0 Å². The molecule has 3 aliphatic rings. The number of likely N-dealkylation sites (N-methyl/N-ethyl adjacent to an activating group) is 1. The van der Waals surface area contributed by atoms with Gasteiger partial charge < -0.3 is 19.8 Å². The van der Waals surface area contributed by atoms with E-state index in [1.165, 1.54) is 25.9 Å². The second kappa shape index (κ2) is 10.8. The van der Waals surface area contributed by atoms with E-state index in [9.17, 15) is 14.7 Å². The molecule has 4 rings (SSSR count). The fraction of sp³-hybridized carbons (Fsp3) is 0.636. The minimum Gasteiger partial charge on any atom is -0.395 e. The molecule has 0 saturated carbocycles. The lowest BCUT2D eigenvalue weighted by atomic mass is 10.0. The normalized spacial score (nSPS) is 22.3. The second-order valence-electron chi connectivity index (χ2n) is 8.64. The third-order valence-corrected chi connectivity index (χ3v) is 7.40. The molecule has 33 heavy (non-hydrogen) atoms. The van der Waals surface area contributed by atoms with Gasteiger partial charge in [0.2, 0.25) is 5.95 Å². The molecular formula is C22H33N7O3S. The lowest BCUT2D eigenvalue weighted by Gasteiger charge is -2.42. The van der Waals surface area contributed by atoms with Crippen LogP contribution in [0.1, 0.15) is 25.5 Å². The SMILES string of the molecule is CCN1CCC(N2CCN(c3nc(/C=C4\SC(=O)NC4=O)cc(N(C)CCO)n3)CC2)CC1. The molecule has 2 N–H and O–H groups in total. The summed E-state index contributed by atoms with van der Waals surface area (Å²) in [6.07, 6.45) is 4.08. The number of imide groups is 1. The highest BCUT2D eigenvalue weighted by molar-refractivity contribution is 8.18. The molecule has 0 spiro atoms. The van der Waals surface area contributed by atoms with Gasteiger partial charge in [-0.3, -0.25) is 19.8 Å². The van der Waals surface area contributed by atoms with Crippen LogP contribution in [0.4, 0.5) is 16.6 Å². The van der Waals surface area contributed by atoms with Gasteiger partial charge in [-0.2, -0.15) is 4.98 Å². The number of anilines is 2. The molecule has 10 nitrogen and oxygen atoms in total. The Morgan fingerprint density at radius 2 is 1.91 bits per heavy atom. The summed E-state index contributed by atoms with van der Waals surface area (Å²) in [6, 6.07) is 2.43. The largest absolute Gasteiger partial charge is 0.395 e. The van der Waals surface area contributed by atoms with Crippen molar-refractivity contribution in [3.8, 4) is 0 Å². The van der Waals surface area contributed by atoms with E-state index in [2.05, 4.69) is 26.9 Å². The van der Waals surface area contributed by atoms with Gasteiger partial charge >= 0.3 is 0 Å². The number of piperidine rings is 1. The standard InChI is InChI=1S/C22H33N7O3S/c1-3-27-6-4-17(5-7-27)28-8-10-29(11-9-28)21-23-16(14-18-20(31)25-22(32)33-18)15-19(24-21)26(2)12-13-30/h14-15,17,30H,3-13H2,1-2H3,(H,25,31,32)/b18-14-. The first kappa shape index (κ1) is 23.9. The molecule has 2 amide bonds. The Morgan fingerprint density at radius 3 is 2.52 bits per heavy atom. The van der Waals surface area contributed by atoms with Gasteiger partial charge in [0.05, 0.1) is 17.2 Å². The van der Waals surface area contributed by atoms with Gasteiger partial charge in [0.15, 0.2) is 0 Å². The van der Waals surface area contributed by atoms with Crippen LogP contribution in [0.2, 0.25) is 0 Å². The zero-order valence-corrected chi connectivity index (χ0v) is 20.2. The van der Waals surface area contributed by atoms with Crippen LogP contribution in [0, 0.1) is 0 Å². The van der Waals surface area contributed by atoms with Crippen molar-refractivity contribution >= 4 is 40.8 Å². The number of amides is 2. The summed E-state index contributed by atoms with van der Waals surface area (Å²) >= 11 is 0.876. The Labute approximate surface area is 199 Å². The molecule has 4 heterocycles. The molecule has 1 aromatic heterocycles. The molecule has 0 bridgehead atoms. The molecule has 0 aromatic carbocycles. The number of carbonyl (C=O) groups is 2. The predicted molar refractivity (Wildman–Crippen MR) is 130 cm³/mol. The van der Waals surface area contributed by atoms with Crippen molar-refractivity contribution in [3.63, 3.8) is 0 Å². The van der Waals surface area contributed by atoms with Gasteiger partial charge in [0.1, 0.15) is 5.82 Å². The maximum absolute atomic E-state index is 12.0. The Hall–Kier alpha value is -2.21. The number of rotatable bonds is 7. The van der Waals surface area contributed by atoms with Gasteiger partial charge in [-0.1, -0.05) is 6.92 Å². The maximum atomic E-state index is 12.0. The van der Waals surface area contributed by atoms with Crippen molar-refractivity contribution in [2.24, 2.45) is 0 Å². The van der Waals surface area contributed by atoms with Crippen LogP contribution < -0.4 is 15.1 Å². The van der Waals surface area contributed by atoms with E-state index < -0.39 is 5.91 Å². The van der Waals surface area contributed by atoms with Crippen LogP contribution in [0.5, 0.6) is 0 Å². The van der Waals surface area contributed by atoms with Gasteiger partial charge in [-0.25, -0.2) is 4.98 Å². The van der Waals surface area contributed by atoms with Crippen LogP contribution in [0.25, 0.3) is 6.08 Å². The van der Waals surface area contributed by atoms with E-state index in [-0.39, 0.29) is 11.8 Å². The number of aliphatic hydroxyl groups excluding tert-OH is 1. The highest BCUT2D eigenvalue weighted by Gasteiger charge is 2.29. The fourth-order valence-corrected chi connectivity index (χ4v) is 5.23. The number of carbonyl (C=O) groups excluding carboxylic acids is 2. The van der Waals surface area contributed by atoms with Crippen molar-refractivity contribution in [1.82, 2.24) is 25.1 Å². The summed E-state index contributed by atoms with van der Waals surface area (Å²) in [7, 11) is 1.86. The topological polar surface area (TPSA) is 105 Å². The molecule has 0 aliphatic carbocycles. The quantitative estimate of drug-likeness (QED) is 0.551. The van der Waals surface area contributed by atoms with Crippen molar-refractivity contribution in [2.75, 3.05) is 75.8 Å². The fourth-order valence-electron chi connectivity index (χ4n) is 4.56. The van der Waals surface area contributed by atoms with E-state index in [1.54, 1.807) is 12.1 Å². The van der Waals surface area contributed by atoms with Crippen LogP contribution in [0.3, 0.4) is 0 Å². The highest BCUT2D eigenvalue weighted by Crippen LogP contribution is 2.27. The zero-order valence-electron chi connectivity index (χ0n) is 19.4. The number of aliphatic hydroxyl groups is 1. The number of thioether (sulfide) groups is 1. The summed E-state index contributed by atoms with van der Waals surface area (Å²) in [5.74, 6) is 0.877. The summed E-state index contributed by atoms with van der Waals surface area (Å²) in [5, 5.41) is 11.3. The number of aromatic nitrogens is 2. The Kier molecular flexibility index (Phi) is 7.84. The monoisotopic (exact) mass is 475 g/mol. The Bertz CT molecular complexity index is 896. The third kappa shape index (κ3) is 5.84. The van der Waals surface area contributed by atoms with Crippen LogP contribution >= 0.6 is 11.8 Å². The average molecular weight is 476 g/mol. The minimum atomic E-state index is -0.404. The van der Waals surface area contributed by atoms with Crippen LogP contribution in [-0.2, 0) is 4.79 Å². The van der Waals surface area contributed by atoms with Gasteiger partial charge in [-0.05, 0) is 50.3 Å². The number of likely N-dealkylation sites (tertiary alicyclic amines) is 1. The molecule has 3 fully saturated rings. The van der Waals surface area contributed by atoms with E-state index >= 15 is 0 Å². The molecule has 0 atom stereocenters. The summed E-state index contributed by atoms with van der Waals surface area (Å²) < 4.78 is 0. The van der Waals surface area contributed by atoms with Crippen molar-refractivity contribution in [2.45, 2.75) is 25.8 Å². The lowest BCUT2D eigenvalue weighted by Crippen LogP contribution is -2.53. The molecule has 1 aromatic rings. The highest BCUT2D eigenvalue weighted by atomic mass is 32.2. The molecule has 11 heteroatoms. The summed E-state index contributed by atoms with van der Waals surface area (Å²) in [6.45, 7) is 9.78. The van der Waals surface area contributed by atoms with E-state index in [4.69, 9.17) is 9.97 Å². The first-order chi connectivity index (χ1) is 16.0. The minimum absolute atomic E-state index is 0.00847. The van der Waals surface area contributed by atoms with Crippen molar-refractivity contribution in [1.29, 1.82) is 0 Å². The van der Waals surface area contributed by atoms with E-state index in [0.717, 1.165) is 44.5 Å². The molecule has 3 saturated heterocycles. The summed E-state index contributed by atoms with van der Waals surface area (Å²) in [4.78, 5) is 42.4. The molecular weight excluding hydrogens is 442 g/mol. The first-order valence-corrected chi connectivity index (χ1v) is 12.5. The zero-order chi connectivity index (χ0) is 23.4. The Balaban J connectivity index is 1.48. The molecule has 0 unspecified atom stereocenters. The lowest BCUT2D eigenvalue weighted by molar-refractivity contribution is -0.115. The van der Waals surface area contributed by atoms with Gasteiger partial charge in [-0.15, -0.1) is 0 Å². The first-order valence-electron chi connectivity index (χ1n) is 11.6. The average Bonchev–Trinajstić information content (AvgIpc) is 3.15. The van der Waals surface area contributed by atoms with Gasteiger partial charge in [0.25, 0.3) is 11.1 Å². The third-order valence-electron chi connectivity index (χ3n) is 6.59. The second-order valence-corrected chi connectivity index (χ2v) is 9.65. The number of nitrogens with one attached hydrogen (secondary N) is 1. The summed E-state index contributed by atoms with van der Waals surface area (Å²) in [5.41, 5.74) is 0.571. The van der Waals surface area contributed by atoms with Crippen LogP contribution in [-0.4, -0.2) is 108 Å². The predicted octanol–water partition coefficient (Wildman–Crippen LogP) is 0.835. The smallest absolute Gasteiger partial charge is 0.290 e. The molecule has 180 valence electrons. The number of hydrogen-bond acceptors (Lipinski definition) is 10. The van der Waals surface area contributed by atoms with E-state index in [0.29, 0.717) is 35.0 Å². The van der Waals surface area contributed by atoms with E-state index in [1.807, 2.05) is 11.9 Å². The number of piperazine rings is 1. The molecule has 3 aliphatic heterocycles. The maximum Gasteiger partial charge on any atom is 0.290 e. The van der Waals surface area contributed by atoms with Crippen molar-refractivity contribution < 1.29 is 14.7 Å². The Morgan fingerprint density at radius 1 is 1.18 bits per heavy atom. The number of hydrogen-bond donors (Lipinski definition) is 2. The number of nitrogens with zero attached hydrogens (tertiary/aromatic N) is 6. The van der Waals surface area contributed by atoms with Gasteiger partial charge in [0, 0.05) is 51.9 Å². The molecule has 0 radical (unpaired) electrons.